The fourth-order valence-electron chi connectivity index (χ4n) is 4.37. The molecule has 0 radical (unpaired) electrons. The number of hydrogen-bond donors (Lipinski definition) is 1. The van der Waals surface area contributed by atoms with E-state index >= 15 is 0 Å². The van der Waals surface area contributed by atoms with E-state index in [2.05, 4.69) is 10.3 Å². The van der Waals surface area contributed by atoms with Crippen molar-refractivity contribution in [3.8, 4) is 0 Å². The van der Waals surface area contributed by atoms with Crippen molar-refractivity contribution < 1.29 is 9.59 Å². The molecule has 140 valence electrons. The summed E-state index contributed by atoms with van der Waals surface area (Å²) < 4.78 is 0. The molecule has 2 amide bonds. The molecular formula is C22H25N3O2. The van der Waals surface area contributed by atoms with Crippen LogP contribution in [0.2, 0.25) is 0 Å². The maximum atomic E-state index is 12.5. The maximum absolute atomic E-state index is 12.5. The van der Waals surface area contributed by atoms with E-state index < -0.39 is 0 Å². The van der Waals surface area contributed by atoms with Gasteiger partial charge in [-0.15, -0.1) is 0 Å². The molecule has 1 saturated heterocycles. The van der Waals surface area contributed by atoms with Gasteiger partial charge in [0, 0.05) is 31.5 Å². The Kier molecular flexibility index (Phi) is 4.92. The van der Waals surface area contributed by atoms with Crippen molar-refractivity contribution in [3.05, 3.63) is 66.0 Å². The zero-order valence-corrected chi connectivity index (χ0v) is 15.4. The number of nitrogens with zero attached hydrogens (tertiary/aromatic N) is 2. The van der Waals surface area contributed by atoms with Crippen LogP contribution in [0.5, 0.6) is 0 Å². The summed E-state index contributed by atoms with van der Waals surface area (Å²) in [6, 6.07) is 13.7. The highest BCUT2D eigenvalue weighted by atomic mass is 16.2. The molecule has 1 saturated carbocycles. The summed E-state index contributed by atoms with van der Waals surface area (Å²) in [7, 11) is 0. The summed E-state index contributed by atoms with van der Waals surface area (Å²) in [5, 5.41) is 3.11. The van der Waals surface area contributed by atoms with Crippen LogP contribution in [0.3, 0.4) is 0 Å². The number of hydrogen-bond acceptors (Lipinski definition) is 3. The molecule has 0 bridgehead atoms. The molecule has 1 aliphatic carbocycles. The van der Waals surface area contributed by atoms with Crippen molar-refractivity contribution in [1.82, 2.24) is 15.2 Å². The second kappa shape index (κ2) is 7.51. The third-order valence-corrected chi connectivity index (χ3v) is 5.99. The van der Waals surface area contributed by atoms with Crippen molar-refractivity contribution in [2.75, 3.05) is 13.1 Å². The molecule has 0 atom stereocenters. The monoisotopic (exact) mass is 363 g/mol. The molecule has 2 aliphatic rings. The van der Waals surface area contributed by atoms with E-state index in [-0.39, 0.29) is 17.9 Å². The van der Waals surface area contributed by atoms with Crippen LogP contribution in [0.15, 0.2) is 54.9 Å². The smallest absolute Gasteiger partial charge is 0.253 e. The Balaban J connectivity index is 1.23. The van der Waals surface area contributed by atoms with Gasteiger partial charge in [-0.3, -0.25) is 14.6 Å². The minimum Gasteiger partial charge on any atom is -0.349 e. The van der Waals surface area contributed by atoms with Crippen LogP contribution < -0.4 is 5.32 Å². The molecular weight excluding hydrogens is 338 g/mol. The number of amides is 2. The van der Waals surface area contributed by atoms with Gasteiger partial charge < -0.3 is 10.2 Å². The fourth-order valence-corrected chi connectivity index (χ4v) is 4.37. The van der Waals surface area contributed by atoms with E-state index in [1.807, 2.05) is 35.2 Å². The van der Waals surface area contributed by atoms with Gasteiger partial charge in [0.1, 0.15) is 0 Å². The van der Waals surface area contributed by atoms with Crippen molar-refractivity contribution in [2.45, 2.75) is 38.1 Å². The van der Waals surface area contributed by atoms with E-state index in [1.54, 1.807) is 24.5 Å². The van der Waals surface area contributed by atoms with Gasteiger partial charge in [-0.2, -0.15) is 0 Å². The second-order valence-electron chi connectivity index (χ2n) is 7.86. The van der Waals surface area contributed by atoms with E-state index in [1.165, 1.54) is 0 Å². The highest BCUT2D eigenvalue weighted by molar-refractivity contribution is 5.94. The lowest BCUT2D eigenvalue weighted by molar-refractivity contribution is -0.134. The van der Waals surface area contributed by atoms with Crippen LogP contribution in [-0.4, -0.2) is 40.8 Å². The normalized spacial score (nSPS) is 18.7. The van der Waals surface area contributed by atoms with Crippen molar-refractivity contribution in [3.63, 3.8) is 0 Å². The first-order chi connectivity index (χ1) is 13.1. The van der Waals surface area contributed by atoms with Crippen LogP contribution in [0, 0.1) is 5.41 Å². The predicted molar refractivity (Wildman–Crippen MR) is 103 cm³/mol. The Morgan fingerprint density at radius 1 is 1.07 bits per heavy atom. The molecule has 4 rings (SSSR count). The maximum Gasteiger partial charge on any atom is 0.253 e. The van der Waals surface area contributed by atoms with Crippen LogP contribution >= 0.6 is 0 Å². The third-order valence-electron chi connectivity index (χ3n) is 5.99. The van der Waals surface area contributed by atoms with Crippen LogP contribution in [-0.2, 0) is 11.2 Å². The lowest BCUT2D eigenvalue weighted by Gasteiger charge is -2.52. The first kappa shape index (κ1) is 17.7. The van der Waals surface area contributed by atoms with Gasteiger partial charge in [-0.05, 0) is 48.8 Å². The molecule has 0 unspecified atom stereocenters. The van der Waals surface area contributed by atoms with Crippen LogP contribution in [0.4, 0.5) is 0 Å². The molecule has 5 nitrogen and oxygen atoms in total. The molecule has 1 aliphatic heterocycles. The standard InChI is InChI=1S/C22H25N3O2/c26-20(13-17-5-2-1-3-6-17)25-11-8-22(9-12-25)14-19(15-22)24-21(27)18-7-4-10-23-16-18/h1-7,10,16,19H,8-9,11-15H2,(H,24,27). The highest BCUT2D eigenvalue weighted by Crippen LogP contribution is 2.49. The molecule has 2 aromatic rings. The molecule has 5 heteroatoms. The summed E-state index contributed by atoms with van der Waals surface area (Å²) in [5.74, 6) is 0.176. The minimum absolute atomic E-state index is 0.0431. The number of pyridine rings is 1. The summed E-state index contributed by atoms with van der Waals surface area (Å²) in [6.45, 7) is 1.66. The third kappa shape index (κ3) is 4.02. The zero-order valence-electron chi connectivity index (χ0n) is 15.4. The number of nitrogens with one attached hydrogen (secondary N) is 1. The Bertz CT molecular complexity index is 791. The van der Waals surface area contributed by atoms with E-state index in [0.29, 0.717) is 17.4 Å². The van der Waals surface area contributed by atoms with Gasteiger partial charge >= 0.3 is 0 Å². The lowest BCUT2D eigenvalue weighted by Crippen LogP contribution is -2.55. The zero-order chi connectivity index (χ0) is 18.7. The summed E-state index contributed by atoms with van der Waals surface area (Å²) >= 11 is 0. The first-order valence-corrected chi connectivity index (χ1v) is 9.66. The Labute approximate surface area is 159 Å². The number of likely N-dealkylation sites (tertiary alicyclic amines) is 1. The number of piperidine rings is 1. The number of rotatable bonds is 4. The predicted octanol–water partition coefficient (Wildman–Crippen LogP) is 2.83. The fraction of sp³-hybridized carbons (Fsp3) is 0.409. The van der Waals surface area contributed by atoms with Gasteiger partial charge in [-0.1, -0.05) is 30.3 Å². The van der Waals surface area contributed by atoms with Gasteiger partial charge in [0.2, 0.25) is 5.91 Å². The van der Waals surface area contributed by atoms with Gasteiger partial charge in [0.05, 0.1) is 12.0 Å². The molecule has 1 N–H and O–H groups in total. The number of carbonyl (C=O) groups is 2. The van der Waals surface area contributed by atoms with Crippen LogP contribution in [0.25, 0.3) is 0 Å². The topological polar surface area (TPSA) is 62.3 Å². The molecule has 1 aromatic carbocycles. The van der Waals surface area contributed by atoms with Crippen molar-refractivity contribution in [2.24, 2.45) is 5.41 Å². The van der Waals surface area contributed by atoms with E-state index in [4.69, 9.17) is 0 Å². The van der Waals surface area contributed by atoms with Crippen LogP contribution in [0.1, 0.15) is 41.6 Å². The minimum atomic E-state index is -0.0431. The van der Waals surface area contributed by atoms with Gasteiger partial charge in [0.25, 0.3) is 5.91 Å². The largest absolute Gasteiger partial charge is 0.349 e. The molecule has 2 fully saturated rings. The molecule has 2 heterocycles. The van der Waals surface area contributed by atoms with Gasteiger partial charge in [0.15, 0.2) is 0 Å². The summed E-state index contributed by atoms with van der Waals surface area (Å²) in [6.07, 6.45) is 7.85. The SMILES string of the molecule is O=C(NC1CC2(CCN(C(=O)Cc3ccccc3)CC2)C1)c1cccnc1. The number of carbonyl (C=O) groups excluding carboxylic acids is 2. The summed E-state index contributed by atoms with van der Waals surface area (Å²) in [4.78, 5) is 30.7. The Morgan fingerprint density at radius 3 is 2.48 bits per heavy atom. The van der Waals surface area contributed by atoms with Gasteiger partial charge in [-0.25, -0.2) is 0 Å². The van der Waals surface area contributed by atoms with E-state index in [9.17, 15) is 9.59 Å². The average Bonchev–Trinajstić information content (AvgIpc) is 2.68. The highest BCUT2D eigenvalue weighted by Gasteiger charge is 2.46. The average molecular weight is 363 g/mol. The number of benzene rings is 1. The Hall–Kier alpha value is -2.69. The quantitative estimate of drug-likeness (QED) is 0.909. The Morgan fingerprint density at radius 2 is 1.81 bits per heavy atom. The molecule has 1 aromatic heterocycles. The van der Waals surface area contributed by atoms with Crippen molar-refractivity contribution in [1.29, 1.82) is 0 Å². The summed E-state index contributed by atoms with van der Waals surface area (Å²) in [5.41, 5.74) is 1.99. The second-order valence-corrected chi connectivity index (χ2v) is 7.86. The lowest BCUT2D eigenvalue weighted by atomic mass is 9.60. The first-order valence-electron chi connectivity index (χ1n) is 9.66. The molecule has 1 spiro atoms. The van der Waals surface area contributed by atoms with E-state index in [0.717, 1.165) is 44.3 Å². The van der Waals surface area contributed by atoms with Crippen molar-refractivity contribution >= 4 is 11.8 Å². The number of aromatic nitrogens is 1. The molecule has 27 heavy (non-hydrogen) atoms.